The molecule has 110 valence electrons. The molecule has 0 aliphatic carbocycles. The normalized spacial score (nSPS) is 11.6. The van der Waals surface area contributed by atoms with E-state index in [-0.39, 0.29) is 5.91 Å². The lowest BCUT2D eigenvalue weighted by atomic mass is 10.3. The van der Waals surface area contributed by atoms with Gasteiger partial charge >= 0.3 is 0 Å². The van der Waals surface area contributed by atoms with E-state index in [0.717, 1.165) is 5.69 Å². The van der Waals surface area contributed by atoms with E-state index in [2.05, 4.69) is 5.43 Å². The molecule has 0 radical (unpaired) electrons. The van der Waals surface area contributed by atoms with Crippen LogP contribution < -0.4 is 15.2 Å². The first-order valence-corrected chi connectivity index (χ1v) is 6.95. The van der Waals surface area contributed by atoms with Crippen LogP contribution in [-0.4, -0.2) is 19.1 Å². The molecule has 5 heteroatoms. The Morgan fingerprint density at radius 3 is 2.57 bits per heavy atom. The maximum Gasteiger partial charge on any atom is 0.279 e. The molecule has 2 rings (SSSR count). The second-order valence-corrected chi connectivity index (χ2v) is 5.02. The van der Waals surface area contributed by atoms with Crippen molar-refractivity contribution in [2.75, 3.05) is 12.1 Å². The number of nitrogens with zero attached hydrogens (tertiary/aromatic N) is 1. The Kier molecular flexibility index (Phi) is 5.06. The van der Waals surface area contributed by atoms with Crippen LogP contribution in [0.15, 0.2) is 54.6 Å². The summed E-state index contributed by atoms with van der Waals surface area (Å²) in [4.78, 5) is 12.1. The minimum Gasteiger partial charge on any atom is -0.481 e. The fourth-order valence-corrected chi connectivity index (χ4v) is 1.95. The zero-order chi connectivity index (χ0) is 15.2. The largest absolute Gasteiger partial charge is 0.481 e. The zero-order valence-electron chi connectivity index (χ0n) is 11.9. The number of hydrazine groups is 1. The lowest BCUT2D eigenvalue weighted by molar-refractivity contribution is -0.127. The molecule has 0 spiro atoms. The van der Waals surface area contributed by atoms with Crippen LogP contribution in [0.3, 0.4) is 0 Å². The van der Waals surface area contributed by atoms with E-state index in [1.807, 2.05) is 30.3 Å². The van der Waals surface area contributed by atoms with Gasteiger partial charge in [0.1, 0.15) is 5.75 Å². The Balaban J connectivity index is 1.94. The van der Waals surface area contributed by atoms with Crippen molar-refractivity contribution in [1.29, 1.82) is 0 Å². The summed E-state index contributed by atoms with van der Waals surface area (Å²) in [5, 5.41) is 2.22. The van der Waals surface area contributed by atoms with Crippen molar-refractivity contribution in [3.8, 4) is 5.75 Å². The zero-order valence-corrected chi connectivity index (χ0v) is 12.7. The van der Waals surface area contributed by atoms with Crippen molar-refractivity contribution in [2.24, 2.45) is 0 Å². The predicted octanol–water partition coefficient (Wildman–Crippen LogP) is 3.27. The van der Waals surface area contributed by atoms with Gasteiger partial charge in [0.2, 0.25) is 0 Å². The van der Waals surface area contributed by atoms with Gasteiger partial charge in [0, 0.05) is 12.1 Å². The molecule has 0 aliphatic heterocycles. The van der Waals surface area contributed by atoms with E-state index in [0.29, 0.717) is 10.8 Å². The summed E-state index contributed by atoms with van der Waals surface area (Å²) in [5.41, 5.74) is 3.66. The molecule has 1 N–H and O–H groups in total. The number of hydrogen-bond donors (Lipinski definition) is 1. The number of halogens is 1. The Labute approximate surface area is 129 Å². The van der Waals surface area contributed by atoms with Crippen LogP contribution >= 0.6 is 11.6 Å². The Morgan fingerprint density at radius 2 is 1.90 bits per heavy atom. The highest BCUT2D eigenvalue weighted by Gasteiger charge is 2.16. The van der Waals surface area contributed by atoms with Gasteiger partial charge in [-0.05, 0) is 37.3 Å². The number of benzene rings is 2. The fourth-order valence-electron chi connectivity index (χ4n) is 1.77. The SMILES string of the molecule is C[C@@H](Oc1cccc(Cl)c1)C(=O)NN(C)c1ccccc1. The molecule has 0 saturated heterocycles. The second-order valence-electron chi connectivity index (χ2n) is 4.59. The van der Waals surface area contributed by atoms with Gasteiger partial charge in [0.15, 0.2) is 6.10 Å². The van der Waals surface area contributed by atoms with Gasteiger partial charge in [-0.3, -0.25) is 15.2 Å². The molecule has 0 aliphatic rings. The number of amides is 1. The molecular formula is C16H17ClN2O2. The van der Waals surface area contributed by atoms with Gasteiger partial charge < -0.3 is 4.74 Å². The molecule has 0 saturated carbocycles. The van der Waals surface area contributed by atoms with Gasteiger partial charge in [-0.15, -0.1) is 0 Å². The van der Waals surface area contributed by atoms with Gasteiger partial charge in [-0.2, -0.15) is 0 Å². The highest BCUT2D eigenvalue weighted by Crippen LogP contribution is 2.18. The topological polar surface area (TPSA) is 41.6 Å². The molecule has 4 nitrogen and oxygen atoms in total. The van der Waals surface area contributed by atoms with Gasteiger partial charge in [0.25, 0.3) is 5.91 Å². The number of carbonyl (C=O) groups is 1. The Morgan fingerprint density at radius 1 is 1.19 bits per heavy atom. The minimum absolute atomic E-state index is 0.235. The lowest BCUT2D eigenvalue weighted by Gasteiger charge is -2.23. The van der Waals surface area contributed by atoms with E-state index in [1.54, 1.807) is 43.2 Å². The van der Waals surface area contributed by atoms with E-state index in [9.17, 15) is 4.79 Å². The third-order valence-electron chi connectivity index (χ3n) is 2.90. The number of para-hydroxylation sites is 1. The first kappa shape index (κ1) is 15.2. The molecule has 2 aromatic carbocycles. The average Bonchev–Trinajstić information content (AvgIpc) is 2.48. The smallest absolute Gasteiger partial charge is 0.279 e. The minimum atomic E-state index is -0.630. The Bertz CT molecular complexity index is 604. The van der Waals surface area contributed by atoms with Crippen LogP contribution in [0.1, 0.15) is 6.92 Å². The maximum absolute atomic E-state index is 12.1. The van der Waals surface area contributed by atoms with Gasteiger partial charge in [0.05, 0.1) is 5.69 Å². The van der Waals surface area contributed by atoms with Crippen LogP contribution in [0.4, 0.5) is 5.69 Å². The molecule has 2 aromatic rings. The molecular weight excluding hydrogens is 288 g/mol. The van der Waals surface area contributed by atoms with Crippen LogP contribution in [0.2, 0.25) is 5.02 Å². The number of rotatable bonds is 5. The molecule has 1 atom stereocenters. The number of hydrogen-bond acceptors (Lipinski definition) is 3. The molecule has 0 heterocycles. The molecule has 1 amide bonds. The van der Waals surface area contributed by atoms with Crippen LogP contribution in [-0.2, 0) is 4.79 Å². The highest BCUT2D eigenvalue weighted by molar-refractivity contribution is 6.30. The van der Waals surface area contributed by atoms with E-state index in [1.165, 1.54) is 0 Å². The monoisotopic (exact) mass is 304 g/mol. The van der Waals surface area contributed by atoms with Gasteiger partial charge in [-0.25, -0.2) is 0 Å². The molecule has 21 heavy (non-hydrogen) atoms. The van der Waals surface area contributed by atoms with Gasteiger partial charge in [-0.1, -0.05) is 35.9 Å². The van der Waals surface area contributed by atoms with Crippen LogP contribution in [0.25, 0.3) is 0 Å². The summed E-state index contributed by atoms with van der Waals surface area (Å²) in [6.45, 7) is 1.69. The Hall–Kier alpha value is -2.20. The molecule has 0 unspecified atom stereocenters. The summed E-state index contributed by atoms with van der Waals surface area (Å²) >= 11 is 5.88. The average molecular weight is 305 g/mol. The third-order valence-corrected chi connectivity index (χ3v) is 3.13. The lowest BCUT2D eigenvalue weighted by Crippen LogP contribution is -2.45. The second kappa shape index (κ2) is 6.99. The number of carbonyl (C=O) groups excluding carboxylic acids is 1. The molecule has 0 bridgehead atoms. The summed E-state index contributed by atoms with van der Waals surface area (Å²) in [7, 11) is 1.78. The highest BCUT2D eigenvalue weighted by atomic mass is 35.5. The van der Waals surface area contributed by atoms with Crippen LogP contribution in [0.5, 0.6) is 5.75 Å². The summed E-state index contributed by atoms with van der Waals surface area (Å²) in [5.74, 6) is 0.328. The van der Waals surface area contributed by atoms with E-state index >= 15 is 0 Å². The summed E-state index contributed by atoms with van der Waals surface area (Å²) in [6.07, 6.45) is -0.630. The molecule has 0 aromatic heterocycles. The quantitative estimate of drug-likeness (QED) is 0.862. The first-order valence-electron chi connectivity index (χ1n) is 6.58. The van der Waals surface area contributed by atoms with Crippen molar-refractivity contribution in [3.63, 3.8) is 0 Å². The molecule has 0 fully saturated rings. The van der Waals surface area contributed by atoms with Crippen molar-refractivity contribution < 1.29 is 9.53 Å². The van der Waals surface area contributed by atoms with Crippen molar-refractivity contribution >= 4 is 23.2 Å². The van der Waals surface area contributed by atoms with Crippen LogP contribution in [0, 0.1) is 0 Å². The summed E-state index contributed by atoms with van der Waals surface area (Å²) < 4.78 is 5.57. The number of nitrogens with one attached hydrogen (secondary N) is 1. The van der Waals surface area contributed by atoms with Crippen molar-refractivity contribution in [2.45, 2.75) is 13.0 Å². The first-order chi connectivity index (χ1) is 10.1. The maximum atomic E-state index is 12.1. The fraction of sp³-hybridized carbons (Fsp3) is 0.188. The summed E-state index contributed by atoms with van der Waals surface area (Å²) in [6, 6.07) is 16.5. The van der Waals surface area contributed by atoms with Crippen molar-refractivity contribution in [1.82, 2.24) is 5.43 Å². The van der Waals surface area contributed by atoms with E-state index in [4.69, 9.17) is 16.3 Å². The number of ether oxygens (including phenoxy) is 1. The van der Waals surface area contributed by atoms with Crippen molar-refractivity contribution in [3.05, 3.63) is 59.6 Å². The standard InChI is InChI=1S/C16H17ClN2O2/c1-12(21-15-10-6-7-13(17)11-15)16(20)18-19(2)14-8-4-3-5-9-14/h3-12H,1-2H3,(H,18,20)/t12-/m1/s1. The third kappa shape index (κ3) is 4.39. The predicted molar refractivity (Wildman–Crippen MR) is 84.5 cm³/mol. The number of anilines is 1. The van der Waals surface area contributed by atoms with E-state index < -0.39 is 6.10 Å².